The topological polar surface area (TPSA) is 59.4 Å². The van der Waals surface area contributed by atoms with E-state index in [-0.39, 0.29) is 5.91 Å². The van der Waals surface area contributed by atoms with Gasteiger partial charge in [0.15, 0.2) is 0 Å². The first kappa shape index (κ1) is 18.8. The maximum atomic E-state index is 13.5. The van der Waals surface area contributed by atoms with E-state index in [0.29, 0.717) is 5.56 Å². The molecular formula is C22H26N4OS. The van der Waals surface area contributed by atoms with Gasteiger partial charge >= 0.3 is 0 Å². The second-order valence-electron chi connectivity index (χ2n) is 7.77. The highest BCUT2D eigenvalue weighted by Gasteiger charge is 2.44. The van der Waals surface area contributed by atoms with Gasteiger partial charge in [-0.25, -0.2) is 0 Å². The molecule has 4 rings (SSSR count). The summed E-state index contributed by atoms with van der Waals surface area (Å²) in [4.78, 5) is 19.2. The maximum Gasteiger partial charge on any atom is 0.248 e. The number of hydrogen-bond acceptors (Lipinski definition) is 5. The van der Waals surface area contributed by atoms with Crippen LogP contribution in [0.4, 0.5) is 10.7 Å². The molecule has 1 amide bonds. The van der Waals surface area contributed by atoms with E-state index in [1.807, 2.05) is 28.4 Å². The number of benzene rings is 1. The normalized spacial score (nSPS) is 18.7. The lowest BCUT2D eigenvalue weighted by Crippen LogP contribution is -2.57. The van der Waals surface area contributed by atoms with E-state index in [1.165, 1.54) is 9.88 Å². The van der Waals surface area contributed by atoms with Crippen molar-refractivity contribution in [1.82, 2.24) is 4.90 Å². The number of thiophene rings is 1. The van der Waals surface area contributed by atoms with Crippen LogP contribution in [0.1, 0.15) is 36.1 Å². The van der Waals surface area contributed by atoms with Gasteiger partial charge in [0, 0.05) is 36.7 Å². The van der Waals surface area contributed by atoms with Crippen LogP contribution in [-0.2, 0) is 4.79 Å². The van der Waals surface area contributed by atoms with Crippen molar-refractivity contribution < 1.29 is 4.79 Å². The number of nitriles is 1. The summed E-state index contributed by atoms with van der Waals surface area (Å²) in [6.45, 7) is 5.45. The van der Waals surface area contributed by atoms with Gasteiger partial charge in [-0.3, -0.25) is 4.79 Å². The molecule has 1 aliphatic carbocycles. The summed E-state index contributed by atoms with van der Waals surface area (Å²) in [6.07, 6.45) is 3.89. The third-order valence-corrected chi connectivity index (χ3v) is 6.93. The van der Waals surface area contributed by atoms with Crippen LogP contribution >= 0.6 is 11.3 Å². The molecule has 0 spiro atoms. The zero-order valence-electron chi connectivity index (χ0n) is 16.3. The Morgan fingerprint density at radius 2 is 1.75 bits per heavy atom. The molecule has 2 fully saturated rings. The molecule has 0 unspecified atom stereocenters. The number of amides is 1. The Hall–Kier alpha value is -2.52. The lowest BCUT2D eigenvalue weighted by Gasteiger charge is -2.40. The molecule has 6 heteroatoms. The van der Waals surface area contributed by atoms with Gasteiger partial charge in [-0.2, -0.15) is 5.26 Å². The summed E-state index contributed by atoms with van der Waals surface area (Å²) in [5.74, 6) is 0.233. The van der Waals surface area contributed by atoms with Crippen LogP contribution in [0, 0.1) is 18.3 Å². The van der Waals surface area contributed by atoms with Crippen molar-refractivity contribution in [1.29, 1.82) is 5.26 Å². The Morgan fingerprint density at radius 3 is 2.32 bits per heavy atom. The van der Waals surface area contributed by atoms with E-state index in [1.54, 1.807) is 12.1 Å². The fourth-order valence-electron chi connectivity index (χ4n) is 4.30. The van der Waals surface area contributed by atoms with Crippen LogP contribution in [0.3, 0.4) is 0 Å². The van der Waals surface area contributed by atoms with Crippen LogP contribution in [0.2, 0.25) is 0 Å². The number of rotatable bonds is 4. The van der Waals surface area contributed by atoms with Gasteiger partial charge in [0.05, 0.1) is 16.6 Å². The Labute approximate surface area is 170 Å². The maximum absolute atomic E-state index is 13.5. The molecule has 1 N–H and O–H groups in total. The molecule has 5 nitrogen and oxygen atoms in total. The Morgan fingerprint density at radius 1 is 1.07 bits per heavy atom. The molecular weight excluding hydrogens is 368 g/mol. The molecule has 2 heterocycles. The van der Waals surface area contributed by atoms with Crippen LogP contribution < -0.4 is 10.2 Å². The lowest BCUT2D eigenvalue weighted by atomic mass is 9.94. The molecule has 1 saturated heterocycles. The van der Waals surface area contributed by atoms with Gasteiger partial charge in [0.2, 0.25) is 5.91 Å². The predicted molar refractivity (Wildman–Crippen MR) is 114 cm³/mol. The Kier molecular flexibility index (Phi) is 5.27. The van der Waals surface area contributed by atoms with Gasteiger partial charge in [0.25, 0.3) is 0 Å². The SMILES string of the molecule is Cc1ccc(N2CCN(C(=O)C3(Nc4ccc(C#N)cc4)CCCC3)CC2)s1. The van der Waals surface area contributed by atoms with Crippen LogP contribution in [0.25, 0.3) is 0 Å². The van der Waals surface area contributed by atoms with Crippen molar-refractivity contribution >= 4 is 27.9 Å². The van der Waals surface area contributed by atoms with E-state index in [2.05, 4.69) is 35.3 Å². The minimum atomic E-state index is -0.504. The fourth-order valence-corrected chi connectivity index (χ4v) is 5.21. The van der Waals surface area contributed by atoms with Gasteiger partial charge in [-0.05, 0) is 56.2 Å². The number of hydrogen-bond donors (Lipinski definition) is 1. The number of carbonyl (C=O) groups excluding carboxylic acids is 1. The van der Waals surface area contributed by atoms with E-state index >= 15 is 0 Å². The van der Waals surface area contributed by atoms with Crippen molar-refractivity contribution in [2.24, 2.45) is 0 Å². The largest absolute Gasteiger partial charge is 0.371 e. The molecule has 0 radical (unpaired) electrons. The fraction of sp³-hybridized carbons (Fsp3) is 0.455. The van der Waals surface area contributed by atoms with E-state index in [9.17, 15) is 4.79 Å². The van der Waals surface area contributed by atoms with Crippen molar-refractivity contribution in [3.63, 3.8) is 0 Å². The molecule has 1 aromatic carbocycles. The molecule has 1 aliphatic heterocycles. The van der Waals surface area contributed by atoms with E-state index in [0.717, 1.165) is 57.5 Å². The number of nitrogens with one attached hydrogen (secondary N) is 1. The molecule has 2 aromatic rings. The highest BCUT2D eigenvalue weighted by molar-refractivity contribution is 7.16. The first-order valence-corrected chi connectivity index (χ1v) is 10.8. The molecule has 1 aromatic heterocycles. The van der Waals surface area contributed by atoms with Crippen LogP contribution in [-0.4, -0.2) is 42.5 Å². The molecule has 2 aliphatic rings. The van der Waals surface area contributed by atoms with Crippen molar-refractivity contribution in [2.75, 3.05) is 36.4 Å². The Bertz CT molecular complexity index is 869. The smallest absolute Gasteiger partial charge is 0.248 e. The first-order chi connectivity index (χ1) is 13.6. The third-order valence-electron chi connectivity index (χ3n) is 5.87. The summed E-state index contributed by atoms with van der Waals surface area (Å²) in [7, 11) is 0. The van der Waals surface area contributed by atoms with Crippen LogP contribution in [0.5, 0.6) is 0 Å². The molecule has 0 atom stereocenters. The van der Waals surface area contributed by atoms with Crippen LogP contribution in [0.15, 0.2) is 36.4 Å². The highest BCUT2D eigenvalue weighted by Crippen LogP contribution is 2.35. The quantitative estimate of drug-likeness (QED) is 0.851. The van der Waals surface area contributed by atoms with Gasteiger partial charge in [0.1, 0.15) is 5.54 Å². The highest BCUT2D eigenvalue weighted by atomic mass is 32.1. The Balaban J connectivity index is 1.44. The third kappa shape index (κ3) is 3.72. The molecule has 28 heavy (non-hydrogen) atoms. The lowest BCUT2D eigenvalue weighted by molar-refractivity contribution is -0.136. The van der Waals surface area contributed by atoms with Crippen molar-refractivity contribution in [2.45, 2.75) is 38.1 Å². The summed E-state index contributed by atoms with van der Waals surface area (Å²) < 4.78 is 0. The minimum absolute atomic E-state index is 0.233. The standard InChI is InChI=1S/C22H26N4OS/c1-17-4-9-20(28-17)25-12-14-26(15-13-25)21(27)22(10-2-3-11-22)24-19-7-5-18(16-23)6-8-19/h4-9,24H,2-3,10-15H2,1H3. The number of anilines is 2. The second-order valence-corrected chi connectivity index (χ2v) is 9.03. The zero-order valence-corrected chi connectivity index (χ0v) is 17.1. The molecule has 146 valence electrons. The number of carbonyl (C=O) groups is 1. The summed E-state index contributed by atoms with van der Waals surface area (Å²) in [5.41, 5.74) is 1.05. The summed E-state index contributed by atoms with van der Waals surface area (Å²) >= 11 is 1.82. The second kappa shape index (κ2) is 7.84. The van der Waals surface area contributed by atoms with Gasteiger partial charge in [-0.1, -0.05) is 12.8 Å². The summed E-state index contributed by atoms with van der Waals surface area (Å²) in [6, 6.07) is 13.9. The first-order valence-electron chi connectivity index (χ1n) is 9.99. The predicted octanol–water partition coefficient (Wildman–Crippen LogP) is 4.00. The monoisotopic (exact) mass is 394 g/mol. The van der Waals surface area contributed by atoms with Crippen molar-refractivity contribution in [3.05, 3.63) is 46.8 Å². The number of nitrogens with zero attached hydrogens (tertiary/aromatic N) is 3. The van der Waals surface area contributed by atoms with Gasteiger partial charge < -0.3 is 15.1 Å². The number of piperazine rings is 1. The van der Waals surface area contributed by atoms with E-state index < -0.39 is 5.54 Å². The van der Waals surface area contributed by atoms with Crippen molar-refractivity contribution in [3.8, 4) is 6.07 Å². The minimum Gasteiger partial charge on any atom is -0.371 e. The number of aryl methyl sites for hydroxylation is 1. The molecule has 0 bridgehead atoms. The average Bonchev–Trinajstić information content (AvgIpc) is 3.38. The summed E-state index contributed by atoms with van der Waals surface area (Å²) in [5, 5.41) is 13.8. The van der Waals surface area contributed by atoms with E-state index in [4.69, 9.17) is 5.26 Å². The zero-order chi connectivity index (χ0) is 19.6. The van der Waals surface area contributed by atoms with Gasteiger partial charge in [-0.15, -0.1) is 11.3 Å². The molecule has 1 saturated carbocycles. The average molecular weight is 395 g/mol.